The Morgan fingerprint density at radius 3 is 1.68 bits per heavy atom. The quantitative estimate of drug-likeness (QED) is 0.148. The zero-order valence-corrected chi connectivity index (χ0v) is 36.5. The number of hydrogen-bond donors (Lipinski definition) is 0. The Bertz CT molecular complexity index is 3560. The molecule has 2 heteroatoms. The molecule has 0 aliphatic heterocycles. The zero-order valence-electron chi connectivity index (χ0n) is 36.5. The van der Waals surface area contributed by atoms with Gasteiger partial charge in [-0.1, -0.05) is 208 Å². The van der Waals surface area contributed by atoms with E-state index in [0.717, 1.165) is 28.3 Å². The second-order valence-electron chi connectivity index (χ2n) is 17.7. The van der Waals surface area contributed by atoms with Crippen LogP contribution in [0.5, 0.6) is 0 Å². The van der Waals surface area contributed by atoms with Crippen LogP contribution in [0.3, 0.4) is 0 Å². The van der Waals surface area contributed by atoms with Crippen molar-refractivity contribution < 1.29 is 0 Å². The van der Waals surface area contributed by atoms with Crippen LogP contribution in [0.25, 0.3) is 83.1 Å². The van der Waals surface area contributed by atoms with Crippen LogP contribution in [0, 0.1) is 0 Å². The molecule has 0 fully saturated rings. The molecule has 0 bridgehead atoms. The number of fused-ring (bicyclic) bond motifs is 6. The summed E-state index contributed by atoms with van der Waals surface area (Å²) in [4.78, 5) is 2.51. The molecule has 1 aliphatic carbocycles. The molecular formula is C63H46N2. The molecule has 0 saturated heterocycles. The van der Waals surface area contributed by atoms with E-state index in [1.807, 2.05) is 0 Å². The molecule has 2 nitrogen and oxygen atoms in total. The zero-order chi connectivity index (χ0) is 43.5. The summed E-state index contributed by atoms with van der Waals surface area (Å²) in [5.41, 5.74) is 21.4. The van der Waals surface area contributed by atoms with Crippen LogP contribution < -0.4 is 4.90 Å². The van der Waals surface area contributed by atoms with Gasteiger partial charge in [0, 0.05) is 44.4 Å². The monoisotopic (exact) mass is 830 g/mol. The van der Waals surface area contributed by atoms with Crippen LogP contribution in [-0.4, -0.2) is 4.57 Å². The van der Waals surface area contributed by atoms with Crippen molar-refractivity contribution in [1.29, 1.82) is 0 Å². The first-order valence-corrected chi connectivity index (χ1v) is 22.6. The maximum atomic E-state index is 2.51. The molecule has 0 unspecified atom stereocenters. The van der Waals surface area contributed by atoms with Gasteiger partial charge in [0.25, 0.3) is 0 Å². The fraction of sp³-hybridized carbons (Fsp3) is 0.0476. The van der Waals surface area contributed by atoms with Crippen LogP contribution in [0.4, 0.5) is 17.1 Å². The Morgan fingerprint density at radius 2 is 0.892 bits per heavy atom. The largest absolute Gasteiger partial charge is 0.310 e. The van der Waals surface area contributed by atoms with E-state index < -0.39 is 0 Å². The summed E-state index contributed by atoms with van der Waals surface area (Å²) in [6.07, 6.45) is 0. The Balaban J connectivity index is 1.14. The van der Waals surface area contributed by atoms with E-state index in [1.54, 1.807) is 0 Å². The first-order valence-electron chi connectivity index (χ1n) is 22.6. The highest BCUT2D eigenvalue weighted by atomic mass is 15.1. The number of rotatable bonds is 8. The highest BCUT2D eigenvalue weighted by molar-refractivity contribution is 6.14. The SMILES string of the molecule is CC1(C)c2ccccc2-c2ccc(N(c3cccc(-c4cccc5c6ccccc6n(-c6ccccc6)c45)c3)c3cccc(-c4ccccc4)c3-c3ccccc3-c3ccccc3)cc21. The molecule has 10 aromatic carbocycles. The van der Waals surface area contributed by atoms with E-state index in [4.69, 9.17) is 0 Å². The first kappa shape index (κ1) is 38.5. The molecule has 11 aromatic rings. The van der Waals surface area contributed by atoms with Crippen molar-refractivity contribution in [2.45, 2.75) is 19.3 Å². The van der Waals surface area contributed by atoms with Crippen LogP contribution >= 0.6 is 0 Å². The van der Waals surface area contributed by atoms with E-state index in [0.29, 0.717) is 0 Å². The minimum Gasteiger partial charge on any atom is -0.310 e. The second-order valence-corrected chi connectivity index (χ2v) is 17.7. The van der Waals surface area contributed by atoms with E-state index >= 15 is 0 Å². The summed E-state index contributed by atoms with van der Waals surface area (Å²) >= 11 is 0. The fourth-order valence-corrected chi connectivity index (χ4v) is 10.6. The van der Waals surface area contributed by atoms with Crippen molar-refractivity contribution in [1.82, 2.24) is 4.57 Å². The van der Waals surface area contributed by atoms with Crippen LogP contribution in [0.15, 0.2) is 243 Å². The molecule has 1 heterocycles. The number of hydrogen-bond acceptors (Lipinski definition) is 1. The Morgan fingerprint density at radius 1 is 0.354 bits per heavy atom. The van der Waals surface area contributed by atoms with Gasteiger partial charge < -0.3 is 9.47 Å². The summed E-state index contributed by atoms with van der Waals surface area (Å²) in [7, 11) is 0. The van der Waals surface area contributed by atoms with Crippen molar-refractivity contribution in [2.24, 2.45) is 0 Å². The number of aromatic nitrogens is 1. The number of benzene rings is 10. The Kier molecular flexibility index (Phi) is 9.21. The van der Waals surface area contributed by atoms with Crippen LogP contribution in [0.1, 0.15) is 25.0 Å². The third-order valence-corrected chi connectivity index (χ3v) is 13.6. The van der Waals surface area contributed by atoms with Crippen LogP contribution in [0.2, 0.25) is 0 Å². The van der Waals surface area contributed by atoms with Gasteiger partial charge in [-0.15, -0.1) is 0 Å². The average molecular weight is 831 g/mol. The van der Waals surface area contributed by atoms with Crippen molar-refractivity contribution in [3.8, 4) is 61.3 Å². The van der Waals surface area contributed by atoms with Gasteiger partial charge in [-0.25, -0.2) is 0 Å². The van der Waals surface area contributed by atoms with Gasteiger partial charge in [-0.05, 0) is 104 Å². The number of para-hydroxylation sites is 3. The standard InChI is InChI=1S/C63H46N2/c1-63(2)57-36-16-14-30-52(57)53-40-39-48(42-58(53)63)64(60-38-20-33-50(44-23-8-4-9-24-44)61(60)55-32-13-12-29-49(55)43-21-6-3-7-22-43)47-28-18-25-45(41-47)51-34-19-35-56-54-31-15-17-37-59(54)65(62(51)56)46-26-10-5-11-27-46/h3-42H,1-2H3. The minimum atomic E-state index is -0.176. The van der Waals surface area contributed by atoms with Gasteiger partial charge in [-0.2, -0.15) is 0 Å². The third-order valence-electron chi connectivity index (χ3n) is 13.6. The van der Waals surface area contributed by atoms with Gasteiger partial charge in [0.15, 0.2) is 0 Å². The minimum absolute atomic E-state index is 0.176. The normalized spacial score (nSPS) is 12.6. The van der Waals surface area contributed by atoms with E-state index in [1.165, 1.54) is 83.0 Å². The lowest BCUT2D eigenvalue weighted by Crippen LogP contribution is -2.17. The van der Waals surface area contributed by atoms with Gasteiger partial charge >= 0.3 is 0 Å². The van der Waals surface area contributed by atoms with Gasteiger partial charge in [0.1, 0.15) is 0 Å². The molecule has 0 N–H and O–H groups in total. The summed E-state index contributed by atoms with van der Waals surface area (Å²) < 4.78 is 2.44. The van der Waals surface area contributed by atoms with Gasteiger partial charge in [-0.3, -0.25) is 0 Å². The highest BCUT2D eigenvalue weighted by Crippen LogP contribution is 2.53. The molecule has 0 radical (unpaired) electrons. The molecule has 0 atom stereocenters. The predicted molar refractivity (Wildman–Crippen MR) is 275 cm³/mol. The van der Waals surface area contributed by atoms with E-state index in [9.17, 15) is 0 Å². The highest BCUT2D eigenvalue weighted by Gasteiger charge is 2.36. The topological polar surface area (TPSA) is 8.17 Å². The molecule has 0 amide bonds. The van der Waals surface area contributed by atoms with Gasteiger partial charge in [0.2, 0.25) is 0 Å². The summed E-state index contributed by atoms with van der Waals surface area (Å²) in [5, 5.41) is 2.48. The third kappa shape index (κ3) is 6.32. The van der Waals surface area contributed by atoms with Crippen molar-refractivity contribution >= 4 is 38.9 Å². The van der Waals surface area contributed by atoms with Gasteiger partial charge in [0.05, 0.1) is 16.7 Å². The van der Waals surface area contributed by atoms with Crippen molar-refractivity contribution in [3.05, 3.63) is 254 Å². The smallest absolute Gasteiger partial charge is 0.0619 e. The predicted octanol–water partition coefficient (Wildman–Crippen LogP) is 17.2. The Labute approximate surface area is 381 Å². The summed E-state index contributed by atoms with van der Waals surface area (Å²) in [6.45, 7) is 4.74. The fourth-order valence-electron chi connectivity index (χ4n) is 10.6. The lowest BCUT2D eigenvalue weighted by atomic mass is 9.82. The molecule has 0 spiro atoms. The molecule has 1 aromatic heterocycles. The maximum absolute atomic E-state index is 2.51. The summed E-state index contributed by atoms with van der Waals surface area (Å²) in [6, 6.07) is 89.0. The van der Waals surface area contributed by atoms with Crippen LogP contribution in [-0.2, 0) is 5.41 Å². The van der Waals surface area contributed by atoms with Crippen molar-refractivity contribution in [3.63, 3.8) is 0 Å². The summed E-state index contributed by atoms with van der Waals surface area (Å²) in [5.74, 6) is 0. The number of anilines is 3. The lowest BCUT2D eigenvalue weighted by Gasteiger charge is -2.31. The lowest BCUT2D eigenvalue weighted by molar-refractivity contribution is 0.660. The molecule has 65 heavy (non-hydrogen) atoms. The van der Waals surface area contributed by atoms with E-state index in [-0.39, 0.29) is 5.41 Å². The average Bonchev–Trinajstić information content (AvgIpc) is 3.83. The molecule has 12 rings (SSSR count). The van der Waals surface area contributed by atoms with E-state index in [2.05, 4.69) is 266 Å². The van der Waals surface area contributed by atoms with Crippen molar-refractivity contribution in [2.75, 3.05) is 4.90 Å². The second kappa shape index (κ2) is 15.6. The number of nitrogens with zero attached hydrogens (tertiary/aromatic N) is 2. The molecule has 0 saturated carbocycles. The maximum Gasteiger partial charge on any atom is 0.0619 e. The molecule has 1 aliphatic rings. The molecule has 308 valence electrons. The first-order chi connectivity index (χ1) is 32.0. The Hall–Kier alpha value is -8.20. The molecular weight excluding hydrogens is 785 g/mol.